The molecular formula is C24H28FNO3S. The van der Waals surface area contributed by atoms with Gasteiger partial charge in [-0.1, -0.05) is 37.1 Å². The third-order valence-electron chi connectivity index (χ3n) is 5.36. The molecular weight excluding hydrogens is 401 g/mol. The molecule has 1 fully saturated rings. The first-order valence-electron chi connectivity index (χ1n) is 10.4. The van der Waals surface area contributed by atoms with Crippen LogP contribution in [-0.2, 0) is 21.7 Å². The zero-order valence-corrected chi connectivity index (χ0v) is 18.1. The van der Waals surface area contributed by atoms with Crippen LogP contribution in [0, 0.1) is 5.82 Å². The molecule has 1 aliphatic heterocycles. The molecule has 6 heteroatoms. The molecule has 0 radical (unpaired) electrons. The molecule has 2 aromatic rings. The molecule has 1 unspecified atom stereocenters. The zero-order chi connectivity index (χ0) is 21.3. The molecule has 1 heterocycles. The maximum atomic E-state index is 12.9. The van der Waals surface area contributed by atoms with Crippen LogP contribution in [0.1, 0.15) is 47.2 Å². The number of esters is 1. The average molecular weight is 430 g/mol. The number of hydrogen-bond acceptors (Lipinski definition) is 4. The Kier molecular flexibility index (Phi) is 8.31. The van der Waals surface area contributed by atoms with Crippen LogP contribution in [0.5, 0.6) is 0 Å². The number of halogens is 1. The number of hydrogen-bond donors (Lipinski definition) is 0. The highest BCUT2D eigenvalue weighted by Crippen LogP contribution is 2.27. The molecule has 1 saturated heterocycles. The molecule has 4 nitrogen and oxygen atoms in total. The highest BCUT2D eigenvalue weighted by molar-refractivity contribution is 8.00. The lowest BCUT2D eigenvalue weighted by Gasteiger charge is -2.38. The van der Waals surface area contributed by atoms with Crippen molar-refractivity contribution >= 4 is 23.6 Å². The van der Waals surface area contributed by atoms with Gasteiger partial charge in [-0.3, -0.25) is 4.79 Å². The van der Waals surface area contributed by atoms with Crippen molar-refractivity contribution in [3.8, 4) is 0 Å². The van der Waals surface area contributed by atoms with Crippen LogP contribution in [0.2, 0.25) is 0 Å². The number of nitrogens with zero attached hydrogens (tertiary/aromatic N) is 1. The highest BCUT2D eigenvalue weighted by atomic mass is 32.2. The lowest BCUT2D eigenvalue weighted by molar-refractivity contribution is -0.138. The summed E-state index contributed by atoms with van der Waals surface area (Å²) in [6, 6.07) is 14.0. The first-order chi connectivity index (χ1) is 14.6. The summed E-state index contributed by atoms with van der Waals surface area (Å²) in [6.07, 6.45) is 5.32. The number of rotatable bonds is 11. The van der Waals surface area contributed by atoms with Crippen LogP contribution < -0.4 is 0 Å². The van der Waals surface area contributed by atoms with E-state index in [0.717, 1.165) is 56.5 Å². The number of likely N-dealkylation sites (tertiary alicyclic amines) is 1. The SMILES string of the molecule is COC(=O)c1ccc(CSC2CN(CCCCCCc3ccc(F)cc3)C2=O)cc1. The smallest absolute Gasteiger partial charge is 0.337 e. The molecule has 0 saturated carbocycles. The number of benzene rings is 2. The molecule has 0 bridgehead atoms. The summed E-state index contributed by atoms with van der Waals surface area (Å²) in [4.78, 5) is 25.7. The van der Waals surface area contributed by atoms with Gasteiger partial charge in [0, 0.05) is 18.8 Å². The fraction of sp³-hybridized carbons (Fsp3) is 0.417. The van der Waals surface area contributed by atoms with E-state index in [1.165, 1.54) is 24.8 Å². The molecule has 2 aromatic carbocycles. The van der Waals surface area contributed by atoms with Crippen LogP contribution >= 0.6 is 11.8 Å². The summed E-state index contributed by atoms with van der Waals surface area (Å²) in [5, 5.41) is 0.0451. The Morgan fingerprint density at radius 3 is 2.37 bits per heavy atom. The minimum Gasteiger partial charge on any atom is -0.465 e. The van der Waals surface area contributed by atoms with Gasteiger partial charge in [0.05, 0.1) is 12.7 Å². The largest absolute Gasteiger partial charge is 0.465 e. The Balaban J connectivity index is 1.25. The number of ether oxygens (including phenoxy) is 1. The van der Waals surface area contributed by atoms with E-state index in [1.807, 2.05) is 29.2 Å². The van der Waals surface area contributed by atoms with E-state index in [-0.39, 0.29) is 22.9 Å². The molecule has 0 N–H and O–H groups in total. The summed E-state index contributed by atoms with van der Waals surface area (Å²) in [6.45, 7) is 1.65. The van der Waals surface area contributed by atoms with E-state index in [0.29, 0.717) is 5.56 Å². The fourth-order valence-electron chi connectivity index (χ4n) is 3.47. The topological polar surface area (TPSA) is 46.6 Å². The van der Waals surface area contributed by atoms with E-state index >= 15 is 0 Å². The van der Waals surface area contributed by atoms with Crippen molar-refractivity contribution in [1.82, 2.24) is 4.90 Å². The molecule has 1 aliphatic rings. The summed E-state index contributed by atoms with van der Waals surface area (Å²) in [5.74, 6) is 0.465. The number of unbranched alkanes of at least 4 members (excludes halogenated alkanes) is 3. The fourth-order valence-corrected chi connectivity index (χ4v) is 4.64. The molecule has 0 aromatic heterocycles. The van der Waals surface area contributed by atoms with E-state index < -0.39 is 0 Å². The highest BCUT2D eigenvalue weighted by Gasteiger charge is 2.36. The minimum absolute atomic E-state index is 0.0451. The predicted molar refractivity (Wildman–Crippen MR) is 118 cm³/mol. The number of β-lactam (4-membered cyclic amide) rings is 1. The molecule has 0 spiro atoms. The minimum atomic E-state index is -0.338. The third kappa shape index (κ3) is 6.33. The average Bonchev–Trinajstić information content (AvgIpc) is 2.77. The second-order valence-corrected chi connectivity index (χ2v) is 8.75. The first kappa shape index (κ1) is 22.3. The van der Waals surface area contributed by atoms with Gasteiger partial charge in [0.25, 0.3) is 0 Å². The van der Waals surface area contributed by atoms with Crippen molar-refractivity contribution in [2.45, 2.75) is 43.1 Å². The van der Waals surface area contributed by atoms with Crippen LogP contribution in [0.25, 0.3) is 0 Å². The molecule has 160 valence electrons. The Labute approximate surface area is 181 Å². The Morgan fingerprint density at radius 1 is 1.03 bits per heavy atom. The van der Waals surface area contributed by atoms with E-state index in [1.54, 1.807) is 23.9 Å². The Morgan fingerprint density at radius 2 is 1.70 bits per heavy atom. The van der Waals surface area contributed by atoms with Crippen LogP contribution in [-0.4, -0.2) is 42.2 Å². The Hall–Kier alpha value is -2.34. The van der Waals surface area contributed by atoms with Gasteiger partial charge < -0.3 is 9.64 Å². The van der Waals surface area contributed by atoms with Crippen molar-refractivity contribution in [1.29, 1.82) is 0 Å². The van der Waals surface area contributed by atoms with E-state index in [2.05, 4.69) is 0 Å². The van der Waals surface area contributed by atoms with Gasteiger partial charge in [-0.25, -0.2) is 9.18 Å². The van der Waals surface area contributed by atoms with Gasteiger partial charge in [0.15, 0.2) is 0 Å². The lowest BCUT2D eigenvalue weighted by atomic mass is 10.1. The third-order valence-corrected chi connectivity index (χ3v) is 6.61. The number of thioether (sulfide) groups is 1. The number of aryl methyl sites for hydroxylation is 1. The van der Waals surface area contributed by atoms with Crippen LogP contribution in [0.4, 0.5) is 4.39 Å². The van der Waals surface area contributed by atoms with Gasteiger partial charge in [0.1, 0.15) is 11.1 Å². The van der Waals surface area contributed by atoms with Gasteiger partial charge >= 0.3 is 5.97 Å². The summed E-state index contributed by atoms with van der Waals surface area (Å²) in [5.41, 5.74) is 2.81. The molecule has 3 rings (SSSR count). The van der Waals surface area contributed by atoms with Crippen molar-refractivity contribution in [3.05, 3.63) is 71.0 Å². The molecule has 30 heavy (non-hydrogen) atoms. The lowest BCUT2D eigenvalue weighted by Crippen LogP contribution is -2.54. The summed E-state index contributed by atoms with van der Waals surface area (Å²) >= 11 is 1.66. The summed E-state index contributed by atoms with van der Waals surface area (Å²) in [7, 11) is 1.37. The second kappa shape index (κ2) is 11.2. The second-order valence-electron chi connectivity index (χ2n) is 7.56. The monoisotopic (exact) mass is 429 g/mol. The maximum absolute atomic E-state index is 12.9. The van der Waals surface area contributed by atoms with Crippen LogP contribution in [0.3, 0.4) is 0 Å². The standard InChI is InChI=1S/C24H28FNO3S/c1-29-24(28)20-11-7-19(8-12-20)17-30-22-16-26(23(22)27)15-5-3-2-4-6-18-9-13-21(25)14-10-18/h7-14,22H,2-6,15-17H2,1H3. The van der Waals surface area contributed by atoms with Gasteiger partial charge in [-0.15, -0.1) is 11.8 Å². The quantitative estimate of drug-likeness (QED) is 0.291. The van der Waals surface area contributed by atoms with Gasteiger partial charge in [-0.2, -0.15) is 0 Å². The van der Waals surface area contributed by atoms with Crippen molar-refractivity contribution in [2.24, 2.45) is 0 Å². The first-order valence-corrected chi connectivity index (χ1v) is 11.4. The number of carbonyl (C=O) groups excluding carboxylic acids is 2. The van der Waals surface area contributed by atoms with E-state index in [9.17, 15) is 14.0 Å². The van der Waals surface area contributed by atoms with E-state index in [4.69, 9.17) is 4.74 Å². The molecule has 1 amide bonds. The summed E-state index contributed by atoms with van der Waals surface area (Å²) < 4.78 is 17.6. The molecule has 1 atom stereocenters. The predicted octanol–water partition coefficient (Wildman–Crippen LogP) is 4.86. The number of amides is 1. The molecule has 0 aliphatic carbocycles. The number of carbonyl (C=O) groups is 2. The van der Waals surface area contributed by atoms with Gasteiger partial charge in [0.2, 0.25) is 5.91 Å². The Bertz CT molecular complexity index is 839. The maximum Gasteiger partial charge on any atom is 0.337 e. The van der Waals surface area contributed by atoms with Crippen molar-refractivity contribution < 1.29 is 18.7 Å². The number of methoxy groups -OCH3 is 1. The van der Waals surface area contributed by atoms with Gasteiger partial charge in [-0.05, 0) is 54.7 Å². The normalized spacial score (nSPS) is 15.7. The zero-order valence-electron chi connectivity index (χ0n) is 17.3. The van der Waals surface area contributed by atoms with Crippen LogP contribution in [0.15, 0.2) is 48.5 Å². The van der Waals surface area contributed by atoms with Crippen molar-refractivity contribution in [3.63, 3.8) is 0 Å². The van der Waals surface area contributed by atoms with Crippen molar-refractivity contribution in [2.75, 3.05) is 20.2 Å².